The summed E-state index contributed by atoms with van der Waals surface area (Å²) in [6.07, 6.45) is 19.7. The molecule has 174 valence electrons. The van der Waals surface area contributed by atoms with Gasteiger partial charge in [0.1, 0.15) is 0 Å². The Labute approximate surface area is 190 Å². The van der Waals surface area contributed by atoms with Gasteiger partial charge in [-0.1, -0.05) is 31.9 Å². The summed E-state index contributed by atoms with van der Waals surface area (Å²) in [7, 11) is 0. The van der Waals surface area contributed by atoms with Crippen LogP contribution in [0, 0.1) is 34.5 Å². The molecule has 3 nitrogen and oxygen atoms in total. The Bertz CT molecular complexity index is 720. The summed E-state index contributed by atoms with van der Waals surface area (Å²) >= 11 is 0. The lowest BCUT2D eigenvalue weighted by Gasteiger charge is -2.58. The van der Waals surface area contributed by atoms with E-state index >= 15 is 0 Å². The van der Waals surface area contributed by atoms with Gasteiger partial charge in [-0.3, -0.25) is 4.90 Å². The summed E-state index contributed by atoms with van der Waals surface area (Å²) in [5, 5.41) is 0. The van der Waals surface area contributed by atoms with E-state index in [2.05, 4.69) is 24.8 Å². The Hall–Kier alpha value is -0.380. The molecule has 31 heavy (non-hydrogen) atoms. The zero-order valence-electron chi connectivity index (χ0n) is 20.2. The third-order valence-corrected chi connectivity index (χ3v) is 11.6. The molecule has 2 saturated heterocycles. The second-order valence-electron chi connectivity index (χ2n) is 12.7. The Kier molecular flexibility index (Phi) is 5.36. The van der Waals surface area contributed by atoms with E-state index in [1.54, 1.807) is 5.57 Å². The molecule has 0 bridgehead atoms. The van der Waals surface area contributed by atoms with Crippen LogP contribution in [0.25, 0.3) is 0 Å². The lowest BCUT2D eigenvalue weighted by molar-refractivity contribution is -0.0587. The van der Waals surface area contributed by atoms with Crippen molar-refractivity contribution in [2.24, 2.45) is 40.2 Å². The first-order chi connectivity index (χ1) is 15.0. The van der Waals surface area contributed by atoms with Crippen LogP contribution in [0.5, 0.6) is 0 Å². The highest BCUT2D eigenvalue weighted by atomic mass is 16.5. The van der Waals surface area contributed by atoms with E-state index in [9.17, 15) is 0 Å². The van der Waals surface area contributed by atoms with Crippen LogP contribution in [0.15, 0.2) is 11.6 Å². The lowest BCUT2D eigenvalue weighted by atomic mass is 9.47. The number of ether oxygens (including phenoxy) is 1. The molecule has 0 aromatic heterocycles. The van der Waals surface area contributed by atoms with Crippen LogP contribution in [0.1, 0.15) is 90.9 Å². The maximum absolute atomic E-state index is 6.21. The largest absolute Gasteiger partial charge is 0.378 e. The van der Waals surface area contributed by atoms with Crippen molar-refractivity contribution in [3.05, 3.63) is 11.6 Å². The molecule has 4 aliphatic carbocycles. The number of hydrogen-bond acceptors (Lipinski definition) is 3. The van der Waals surface area contributed by atoms with Crippen molar-refractivity contribution in [3.63, 3.8) is 0 Å². The van der Waals surface area contributed by atoms with E-state index in [0.717, 1.165) is 55.3 Å². The SMILES string of the molecule is C[C@]12CCC3C(CC=C4C[C@@H](OCCCN)CC[C@@]43C)C1CC1C2CC2CCCCN21. The van der Waals surface area contributed by atoms with Gasteiger partial charge in [-0.05, 0) is 118 Å². The van der Waals surface area contributed by atoms with Gasteiger partial charge in [-0.15, -0.1) is 0 Å². The van der Waals surface area contributed by atoms with Crippen molar-refractivity contribution in [3.8, 4) is 0 Å². The molecule has 0 aromatic carbocycles. The first-order valence-electron chi connectivity index (χ1n) is 13.8. The van der Waals surface area contributed by atoms with Crippen molar-refractivity contribution in [1.29, 1.82) is 0 Å². The predicted molar refractivity (Wildman–Crippen MR) is 127 cm³/mol. The fourth-order valence-electron chi connectivity index (χ4n) is 10.0. The average molecular weight is 427 g/mol. The van der Waals surface area contributed by atoms with Crippen LogP contribution in [-0.2, 0) is 4.74 Å². The summed E-state index contributed by atoms with van der Waals surface area (Å²) in [5.41, 5.74) is 8.50. The van der Waals surface area contributed by atoms with Gasteiger partial charge in [0.25, 0.3) is 0 Å². The van der Waals surface area contributed by atoms with E-state index in [1.165, 1.54) is 77.2 Å². The van der Waals surface area contributed by atoms with Gasteiger partial charge in [0.05, 0.1) is 6.10 Å². The van der Waals surface area contributed by atoms with E-state index in [1.807, 2.05) is 0 Å². The fourth-order valence-corrected chi connectivity index (χ4v) is 10.0. The summed E-state index contributed by atoms with van der Waals surface area (Å²) in [6.45, 7) is 8.37. The van der Waals surface area contributed by atoms with Gasteiger partial charge < -0.3 is 10.5 Å². The molecule has 3 saturated carbocycles. The molecule has 0 aromatic rings. The first kappa shape index (κ1) is 21.2. The topological polar surface area (TPSA) is 38.5 Å². The minimum Gasteiger partial charge on any atom is -0.378 e. The van der Waals surface area contributed by atoms with Crippen molar-refractivity contribution in [2.45, 2.75) is 109 Å². The maximum Gasteiger partial charge on any atom is 0.0612 e. The number of nitrogens with two attached hydrogens (primary N) is 1. The van der Waals surface area contributed by atoms with Crippen LogP contribution in [-0.4, -0.2) is 42.8 Å². The molecule has 0 spiro atoms. The zero-order valence-corrected chi connectivity index (χ0v) is 20.2. The smallest absolute Gasteiger partial charge is 0.0612 e. The molecule has 0 amide bonds. The molecule has 9 atom stereocenters. The zero-order chi connectivity index (χ0) is 21.2. The second-order valence-corrected chi connectivity index (χ2v) is 12.7. The normalized spacial score (nSPS) is 51.3. The average Bonchev–Trinajstić information content (AvgIpc) is 3.28. The molecule has 3 heteroatoms. The summed E-state index contributed by atoms with van der Waals surface area (Å²) in [4.78, 5) is 3.00. The Balaban J connectivity index is 1.21. The predicted octanol–water partition coefficient (Wildman–Crippen LogP) is 5.54. The quantitative estimate of drug-likeness (QED) is 0.474. The highest BCUT2D eigenvalue weighted by Gasteiger charge is 2.64. The molecule has 6 unspecified atom stereocenters. The van der Waals surface area contributed by atoms with E-state index in [4.69, 9.17) is 10.5 Å². The minimum atomic E-state index is 0.443. The molecule has 2 N–H and O–H groups in total. The van der Waals surface area contributed by atoms with Crippen LogP contribution in [0.2, 0.25) is 0 Å². The number of allylic oxidation sites excluding steroid dienone is 1. The highest BCUT2D eigenvalue weighted by Crippen LogP contribution is 2.68. The highest BCUT2D eigenvalue weighted by molar-refractivity contribution is 5.26. The maximum atomic E-state index is 6.21. The van der Waals surface area contributed by atoms with Crippen LogP contribution in [0.4, 0.5) is 0 Å². The third kappa shape index (κ3) is 3.16. The van der Waals surface area contributed by atoms with E-state index < -0.39 is 0 Å². The molecule has 5 fully saturated rings. The summed E-state index contributed by atoms with van der Waals surface area (Å²) < 4.78 is 6.21. The minimum absolute atomic E-state index is 0.443. The Morgan fingerprint density at radius 3 is 2.84 bits per heavy atom. The lowest BCUT2D eigenvalue weighted by Crippen LogP contribution is -2.50. The molecular formula is C28H46N2O. The van der Waals surface area contributed by atoms with Crippen LogP contribution in [0.3, 0.4) is 0 Å². The van der Waals surface area contributed by atoms with Crippen molar-refractivity contribution in [1.82, 2.24) is 4.90 Å². The van der Waals surface area contributed by atoms with Gasteiger partial charge in [-0.2, -0.15) is 0 Å². The number of piperidine rings is 1. The molecule has 2 aliphatic heterocycles. The fraction of sp³-hybridized carbons (Fsp3) is 0.929. The summed E-state index contributed by atoms with van der Waals surface area (Å²) in [6, 6.07) is 1.85. The van der Waals surface area contributed by atoms with Crippen LogP contribution < -0.4 is 5.73 Å². The summed E-state index contributed by atoms with van der Waals surface area (Å²) in [5.74, 6) is 3.83. The monoisotopic (exact) mass is 426 g/mol. The number of hydrogen-bond donors (Lipinski definition) is 1. The Morgan fingerprint density at radius 2 is 1.97 bits per heavy atom. The number of rotatable bonds is 4. The molecule has 2 heterocycles. The second kappa shape index (κ2) is 7.84. The molecule has 0 radical (unpaired) electrons. The van der Waals surface area contributed by atoms with Crippen molar-refractivity contribution >= 4 is 0 Å². The van der Waals surface area contributed by atoms with E-state index in [-0.39, 0.29) is 0 Å². The standard InChI is InChI=1S/C28H46N2O/c1-27-11-9-21(31-15-5-13-29)16-19(27)7-8-22-23(27)10-12-28(2)24(22)18-26-25(28)17-20-6-3-4-14-30(20)26/h7,20-26H,3-6,8-18,29H2,1-2H3/t20?,21-,22?,23?,24?,25?,26?,27-,28-/m0/s1. The van der Waals surface area contributed by atoms with Crippen LogP contribution >= 0.6 is 0 Å². The van der Waals surface area contributed by atoms with Gasteiger partial charge in [-0.25, -0.2) is 0 Å². The molecular weight excluding hydrogens is 380 g/mol. The molecule has 6 rings (SSSR count). The number of nitrogens with zero attached hydrogens (tertiary/aromatic N) is 1. The van der Waals surface area contributed by atoms with Crippen molar-refractivity contribution in [2.75, 3.05) is 19.7 Å². The first-order valence-corrected chi connectivity index (χ1v) is 13.8. The third-order valence-electron chi connectivity index (χ3n) is 11.6. The van der Waals surface area contributed by atoms with E-state index in [0.29, 0.717) is 16.9 Å². The van der Waals surface area contributed by atoms with Gasteiger partial charge in [0.15, 0.2) is 0 Å². The van der Waals surface area contributed by atoms with Gasteiger partial charge in [0, 0.05) is 18.7 Å². The van der Waals surface area contributed by atoms with Gasteiger partial charge >= 0.3 is 0 Å². The number of fused-ring (bicyclic) bond motifs is 9. The van der Waals surface area contributed by atoms with Crippen molar-refractivity contribution < 1.29 is 4.74 Å². The van der Waals surface area contributed by atoms with Gasteiger partial charge in [0.2, 0.25) is 0 Å². The Morgan fingerprint density at radius 1 is 1.06 bits per heavy atom. The molecule has 6 aliphatic rings.